The summed E-state index contributed by atoms with van der Waals surface area (Å²) in [6.45, 7) is 0. The van der Waals surface area contributed by atoms with Gasteiger partial charge in [0.15, 0.2) is 9.84 Å². The van der Waals surface area contributed by atoms with Crippen LogP contribution in [0.25, 0.3) is 10.8 Å². The van der Waals surface area contributed by atoms with E-state index in [1.807, 2.05) is 18.2 Å². The molecule has 0 saturated carbocycles. The van der Waals surface area contributed by atoms with Crippen molar-refractivity contribution in [2.45, 2.75) is 28.4 Å². The predicted molar refractivity (Wildman–Crippen MR) is 98.4 cm³/mol. The van der Waals surface area contributed by atoms with E-state index in [9.17, 15) is 8.42 Å². The summed E-state index contributed by atoms with van der Waals surface area (Å²) in [6.07, 6.45) is 1.05. The van der Waals surface area contributed by atoms with Crippen LogP contribution in [-0.4, -0.2) is 19.0 Å². The van der Waals surface area contributed by atoms with Gasteiger partial charge in [0.25, 0.3) is 0 Å². The molecular weight excluding hydrogens is 340 g/mol. The topological polar surface area (TPSA) is 34.1 Å². The minimum absolute atomic E-state index is 0.352. The lowest BCUT2D eigenvalue weighted by Gasteiger charge is -2.29. The predicted octanol–water partition coefficient (Wildman–Crippen LogP) is 4.39. The lowest BCUT2D eigenvalue weighted by Crippen LogP contribution is -2.37. The molecule has 0 spiro atoms. The summed E-state index contributed by atoms with van der Waals surface area (Å²) in [5, 5.41) is 1.31. The van der Waals surface area contributed by atoms with Gasteiger partial charge in [-0.2, -0.15) is 0 Å². The molecule has 1 aliphatic rings. The maximum Gasteiger partial charge on any atom is 0.183 e. The van der Waals surface area contributed by atoms with Gasteiger partial charge in [-0.25, -0.2) is 8.42 Å². The van der Waals surface area contributed by atoms with Gasteiger partial charge in [-0.1, -0.05) is 54.6 Å². The lowest BCUT2D eigenvalue weighted by atomic mass is 9.88. The van der Waals surface area contributed by atoms with Gasteiger partial charge < -0.3 is 0 Å². The van der Waals surface area contributed by atoms with Gasteiger partial charge in [0, 0.05) is 0 Å². The third-order valence-electron chi connectivity index (χ3n) is 4.78. The van der Waals surface area contributed by atoms with E-state index < -0.39 is 20.5 Å². The van der Waals surface area contributed by atoms with Crippen LogP contribution in [0.15, 0.2) is 71.6 Å². The zero-order valence-corrected chi connectivity index (χ0v) is 14.6. The highest BCUT2D eigenvalue weighted by molar-refractivity contribution is 7.92. The monoisotopic (exact) mass is 356 g/mol. The molecule has 4 rings (SSSR count). The van der Waals surface area contributed by atoms with Crippen LogP contribution in [0.1, 0.15) is 11.1 Å². The van der Waals surface area contributed by atoms with Crippen LogP contribution in [0.3, 0.4) is 0 Å². The van der Waals surface area contributed by atoms with Crippen molar-refractivity contribution >= 4 is 32.2 Å². The molecule has 0 saturated heterocycles. The molecule has 2 atom stereocenters. The molecule has 122 valence electrons. The number of sulfone groups is 1. The van der Waals surface area contributed by atoms with Crippen LogP contribution in [0.4, 0.5) is 0 Å². The molecule has 0 radical (unpaired) electrons. The summed E-state index contributed by atoms with van der Waals surface area (Å²) in [4.78, 5) is 0.352. The third kappa shape index (κ3) is 2.62. The van der Waals surface area contributed by atoms with Gasteiger partial charge in [-0.3, -0.25) is 0 Å². The van der Waals surface area contributed by atoms with Crippen LogP contribution in [0.5, 0.6) is 0 Å². The van der Waals surface area contributed by atoms with Crippen molar-refractivity contribution in [2.75, 3.05) is 0 Å². The Morgan fingerprint density at radius 3 is 1.96 bits per heavy atom. The first-order chi connectivity index (χ1) is 11.6. The van der Waals surface area contributed by atoms with Gasteiger partial charge in [0.1, 0.15) is 0 Å². The molecule has 0 aromatic heterocycles. The number of halogens is 1. The van der Waals surface area contributed by atoms with Crippen molar-refractivity contribution in [2.24, 2.45) is 0 Å². The second-order valence-electron chi connectivity index (χ2n) is 6.29. The number of benzene rings is 3. The van der Waals surface area contributed by atoms with Crippen molar-refractivity contribution in [3.05, 3.63) is 77.9 Å². The molecule has 1 aliphatic carbocycles. The van der Waals surface area contributed by atoms with E-state index in [-0.39, 0.29) is 0 Å². The van der Waals surface area contributed by atoms with Gasteiger partial charge in [-0.15, -0.1) is 11.6 Å². The Morgan fingerprint density at radius 2 is 1.33 bits per heavy atom. The largest absolute Gasteiger partial charge is 0.223 e. The molecule has 0 fully saturated rings. The average molecular weight is 357 g/mol. The minimum Gasteiger partial charge on any atom is -0.223 e. The van der Waals surface area contributed by atoms with Gasteiger partial charge in [-0.05, 0) is 46.9 Å². The van der Waals surface area contributed by atoms with Gasteiger partial charge in [0.05, 0.1) is 15.5 Å². The lowest BCUT2D eigenvalue weighted by molar-refractivity contribution is 0.564. The van der Waals surface area contributed by atoms with Crippen molar-refractivity contribution in [1.29, 1.82) is 0 Å². The molecule has 2 nitrogen and oxygen atoms in total. The highest BCUT2D eigenvalue weighted by Gasteiger charge is 2.37. The molecule has 2 unspecified atom stereocenters. The van der Waals surface area contributed by atoms with Crippen molar-refractivity contribution in [1.82, 2.24) is 0 Å². The molecule has 4 heteroatoms. The van der Waals surface area contributed by atoms with Crippen LogP contribution in [-0.2, 0) is 22.7 Å². The number of alkyl halides is 1. The normalized spacial score (nSPS) is 20.7. The second-order valence-corrected chi connectivity index (χ2v) is 9.02. The number of hydrogen-bond donors (Lipinski definition) is 0. The molecule has 0 heterocycles. The summed E-state index contributed by atoms with van der Waals surface area (Å²) in [7, 11) is -3.44. The maximum atomic E-state index is 13.0. The fraction of sp³-hybridized carbons (Fsp3) is 0.200. The first-order valence-electron chi connectivity index (χ1n) is 7.99. The van der Waals surface area contributed by atoms with E-state index in [0.717, 1.165) is 16.5 Å². The number of hydrogen-bond acceptors (Lipinski definition) is 2. The van der Waals surface area contributed by atoms with E-state index in [0.29, 0.717) is 17.7 Å². The third-order valence-corrected chi connectivity index (χ3v) is 7.61. The Labute approximate surface area is 147 Å². The minimum atomic E-state index is -3.44. The first-order valence-corrected chi connectivity index (χ1v) is 9.97. The molecule has 0 N–H and O–H groups in total. The Morgan fingerprint density at radius 1 is 0.792 bits per heavy atom. The van der Waals surface area contributed by atoms with E-state index in [2.05, 4.69) is 24.3 Å². The van der Waals surface area contributed by atoms with E-state index in [1.54, 1.807) is 24.3 Å². The smallest absolute Gasteiger partial charge is 0.183 e. The fourth-order valence-corrected chi connectivity index (χ4v) is 5.92. The quantitative estimate of drug-likeness (QED) is 0.638. The fourth-order valence-electron chi connectivity index (χ4n) is 3.49. The molecule has 24 heavy (non-hydrogen) atoms. The first kappa shape index (κ1) is 15.7. The highest BCUT2D eigenvalue weighted by Crippen LogP contribution is 2.34. The van der Waals surface area contributed by atoms with E-state index >= 15 is 0 Å². The van der Waals surface area contributed by atoms with E-state index in [1.165, 1.54) is 5.39 Å². The Hall–Kier alpha value is -1.84. The highest BCUT2D eigenvalue weighted by atomic mass is 35.5. The Bertz CT molecular complexity index is 997. The van der Waals surface area contributed by atoms with Crippen LogP contribution < -0.4 is 0 Å². The maximum absolute atomic E-state index is 13.0. The molecule has 0 aliphatic heterocycles. The summed E-state index contributed by atoms with van der Waals surface area (Å²) in [6, 6.07) is 21.0. The molecule has 0 bridgehead atoms. The zero-order chi connectivity index (χ0) is 16.7. The van der Waals surface area contributed by atoms with Gasteiger partial charge >= 0.3 is 0 Å². The van der Waals surface area contributed by atoms with Crippen molar-refractivity contribution in [3.8, 4) is 0 Å². The van der Waals surface area contributed by atoms with Crippen LogP contribution in [0.2, 0.25) is 0 Å². The van der Waals surface area contributed by atoms with Gasteiger partial charge in [0.2, 0.25) is 0 Å². The Balaban J connectivity index is 1.77. The summed E-state index contributed by atoms with van der Waals surface area (Å²) in [5.41, 5.74) is 2.25. The Kier molecular flexibility index (Phi) is 3.86. The molecular formula is C20H17ClO2S. The summed E-state index contributed by atoms with van der Waals surface area (Å²) in [5.74, 6) is 0. The van der Waals surface area contributed by atoms with Crippen molar-refractivity contribution in [3.63, 3.8) is 0 Å². The van der Waals surface area contributed by atoms with Crippen LogP contribution in [0, 0.1) is 0 Å². The average Bonchev–Trinajstić information content (AvgIpc) is 2.60. The standard InChI is InChI=1S/C20H17ClO2S/c21-19-12-16-10-14-6-4-5-7-15(14)11-17(16)13-20(19)24(22,23)18-8-2-1-3-9-18/h1-11,19-20H,12-13H2. The number of fused-ring (bicyclic) bond motifs is 2. The molecule has 3 aromatic rings. The van der Waals surface area contributed by atoms with Crippen molar-refractivity contribution < 1.29 is 8.42 Å². The SMILES string of the molecule is O=S(=O)(c1ccccc1)C1Cc2cc3ccccc3cc2CC1Cl. The summed E-state index contributed by atoms with van der Waals surface area (Å²) < 4.78 is 26.0. The number of rotatable bonds is 2. The van der Waals surface area contributed by atoms with E-state index in [4.69, 9.17) is 11.6 Å². The molecule has 3 aromatic carbocycles. The zero-order valence-electron chi connectivity index (χ0n) is 13.0. The second kappa shape index (κ2) is 5.91. The van der Waals surface area contributed by atoms with Crippen LogP contribution >= 0.6 is 11.6 Å². The summed E-state index contributed by atoms with van der Waals surface area (Å²) >= 11 is 6.52. The molecule has 0 amide bonds.